The zero-order chi connectivity index (χ0) is 20.2. The van der Waals surface area contributed by atoms with E-state index >= 15 is 0 Å². The number of hydrogen-bond donors (Lipinski definition) is 2. The molecule has 3 heterocycles. The van der Waals surface area contributed by atoms with E-state index in [1.165, 1.54) is 37.8 Å². The zero-order valence-electron chi connectivity index (χ0n) is 17.4. The van der Waals surface area contributed by atoms with E-state index in [4.69, 9.17) is 15.6 Å². The molecule has 3 N–H and O–H groups in total. The number of aromatic nitrogens is 2. The van der Waals surface area contributed by atoms with Crippen molar-refractivity contribution in [2.75, 3.05) is 33.4 Å². The van der Waals surface area contributed by atoms with Gasteiger partial charge in [-0.2, -0.15) is 0 Å². The largest absolute Gasteiger partial charge is 0.380 e. The van der Waals surface area contributed by atoms with Crippen LogP contribution >= 0.6 is 0 Å². The van der Waals surface area contributed by atoms with Gasteiger partial charge >= 0.3 is 0 Å². The van der Waals surface area contributed by atoms with E-state index in [1.807, 2.05) is 25.5 Å². The molecule has 1 aliphatic carbocycles. The van der Waals surface area contributed by atoms with Crippen LogP contribution in [0.1, 0.15) is 49.1 Å². The lowest BCUT2D eigenvalue weighted by molar-refractivity contribution is 0.118. The van der Waals surface area contributed by atoms with Crippen molar-refractivity contribution < 1.29 is 4.74 Å². The average Bonchev–Trinajstić information content (AvgIpc) is 2.96. The first-order valence-electron chi connectivity index (χ1n) is 10.8. The van der Waals surface area contributed by atoms with Crippen molar-refractivity contribution in [2.24, 2.45) is 5.84 Å². The highest BCUT2D eigenvalue weighted by atomic mass is 16.5. The Bertz CT molecular complexity index is 855. The summed E-state index contributed by atoms with van der Waals surface area (Å²) in [5, 5.41) is 2.70. The fourth-order valence-corrected chi connectivity index (χ4v) is 4.84. The number of pyridine rings is 1. The topological polar surface area (TPSA) is 70.4 Å². The molecule has 0 amide bonds. The van der Waals surface area contributed by atoms with Crippen LogP contribution < -0.4 is 5.84 Å². The summed E-state index contributed by atoms with van der Waals surface area (Å²) in [6, 6.07) is 3.02. The lowest BCUT2D eigenvalue weighted by Gasteiger charge is -2.36. The number of allylic oxidation sites excluding steroid dienone is 2. The third-order valence-corrected chi connectivity index (χ3v) is 6.37. The van der Waals surface area contributed by atoms with E-state index in [0.717, 1.165) is 48.3 Å². The van der Waals surface area contributed by atoms with E-state index in [9.17, 15) is 0 Å². The van der Waals surface area contributed by atoms with Crippen LogP contribution in [0.3, 0.4) is 0 Å². The van der Waals surface area contributed by atoms with Gasteiger partial charge in [0.05, 0.1) is 6.61 Å². The maximum absolute atomic E-state index is 5.82. The highest BCUT2D eigenvalue weighted by Crippen LogP contribution is 2.36. The molecule has 0 spiro atoms. The van der Waals surface area contributed by atoms with Gasteiger partial charge in [0.1, 0.15) is 5.65 Å². The monoisotopic (exact) mass is 395 g/mol. The van der Waals surface area contributed by atoms with Crippen LogP contribution in [0.15, 0.2) is 37.3 Å². The molecule has 6 heteroatoms. The molecule has 2 aromatic rings. The first kappa shape index (κ1) is 20.1. The van der Waals surface area contributed by atoms with Gasteiger partial charge in [0.15, 0.2) is 0 Å². The SMILES string of the molecule is C=C/C(=C\N(C)N)c1c[nH]c2ncc([C@H]3CC[C@@H](N4CCCOCC4)CC3)cc12. The van der Waals surface area contributed by atoms with Crippen molar-refractivity contribution in [3.05, 3.63) is 48.4 Å². The van der Waals surface area contributed by atoms with E-state index in [1.54, 1.807) is 5.01 Å². The van der Waals surface area contributed by atoms with E-state index in [0.29, 0.717) is 12.0 Å². The fourth-order valence-electron chi connectivity index (χ4n) is 4.84. The summed E-state index contributed by atoms with van der Waals surface area (Å²) in [6.07, 6.45) is 13.9. The number of nitrogens with one attached hydrogen (secondary N) is 1. The lowest BCUT2D eigenvalue weighted by atomic mass is 9.81. The Morgan fingerprint density at radius 2 is 2.14 bits per heavy atom. The summed E-state index contributed by atoms with van der Waals surface area (Å²) in [5.41, 5.74) is 4.35. The maximum atomic E-state index is 5.82. The summed E-state index contributed by atoms with van der Waals surface area (Å²) < 4.78 is 5.63. The van der Waals surface area contributed by atoms with E-state index in [2.05, 4.69) is 28.7 Å². The molecular weight excluding hydrogens is 362 g/mol. The minimum absolute atomic E-state index is 0.586. The lowest BCUT2D eigenvalue weighted by Crippen LogP contribution is -2.39. The van der Waals surface area contributed by atoms with Crippen LogP contribution in [0, 0.1) is 0 Å². The molecule has 2 aliphatic rings. The Hall–Kier alpha value is -2.15. The molecule has 0 atom stereocenters. The second-order valence-electron chi connectivity index (χ2n) is 8.33. The van der Waals surface area contributed by atoms with Crippen LogP contribution in [0.4, 0.5) is 0 Å². The van der Waals surface area contributed by atoms with Gasteiger partial charge in [-0.15, -0.1) is 0 Å². The van der Waals surface area contributed by atoms with Crippen molar-refractivity contribution in [3.8, 4) is 0 Å². The smallest absolute Gasteiger partial charge is 0.137 e. The number of H-pyrrole nitrogens is 1. The van der Waals surface area contributed by atoms with Crippen molar-refractivity contribution in [1.82, 2.24) is 19.9 Å². The molecule has 1 saturated carbocycles. The number of nitrogens with zero attached hydrogens (tertiary/aromatic N) is 3. The van der Waals surface area contributed by atoms with Crippen LogP contribution in [-0.4, -0.2) is 59.3 Å². The summed E-state index contributed by atoms with van der Waals surface area (Å²) in [5.74, 6) is 6.41. The highest BCUT2D eigenvalue weighted by molar-refractivity contribution is 5.93. The molecule has 0 aromatic carbocycles. The number of nitrogens with two attached hydrogens (primary N) is 1. The molecule has 0 bridgehead atoms. The van der Waals surface area contributed by atoms with Gasteiger partial charge in [0.25, 0.3) is 0 Å². The predicted molar refractivity (Wildman–Crippen MR) is 118 cm³/mol. The van der Waals surface area contributed by atoms with Crippen molar-refractivity contribution in [3.63, 3.8) is 0 Å². The number of rotatable bonds is 5. The van der Waals surface area contributed by atoms with Crippen LogP contribution in [0.2, 0.25) is 0 Å². The number of hydrazine groups is 1. The summed E-state index contributed by atoms with van der Waals surface area (Å²) >= 11 is 0. The average molecular weight is 396 g/mol. The highest BCUT2D eigenvalue weighted by Gasteiger charge is 2.27. The zero-order valence-corrected chi connectivity index (χ0v) is 17.4. The molecule has 6 nitrogen and oxygen atoms in total. The van der Waals surface area contributed by atoms with Gasteiger partial charge < -0.3 is 14.7 Å². The summed E-state index contributed by atoms with van der Waals surface area (Å²) in [4.78, 5) is 10.6. The summed E-state index contributed by atoms with van der Waals surface area (Å²) in [6.45, 7) is 8.01. The molecule has 1 aliphatic heterocycles. The third kappa shape index (κ3) is 4.55. The van der Waals surface area contributed by atoms with Gasteiger partial charge in [-0.1, -0.05) is 12.7 Å². The molecule has 29 heavy (non-hydrogen) atoms. The Balaban J connectivity index is 1.50. The van der Waals surface area contributed by atoms with Gasteiger partial charge in [-0.25, -0.2) is 10.8 Å². The third-order valence-electron chi connectivity index (χ3n) is 6.37. The van der Waals surface area contributed by atoms with Gasteiger partial charge in [-0.3, -0.25) is 4.90 Å². The van der Waals surface area contributed by atoms with Crippen molar-refractivity contribution in [1.29, 1.82) is 0 Å². The minimum atomic E-state index is 0.586. The first-order chi connectivity index (χ1) is 14.2. The maximum Gasteiger partial charge on any atom is 0.137 e. The Morgan fingerprint density at radius 1 is 1.31 bits per heavy atom. The van der Waals surface area contributed by atoms with E-state index < -0.39 is 0 Å². The second kappa shape index (κ2) is 9.11. The molecular formula is C23H33N5O. The Morgan fingerprint density at radius 3 is 2.90 bits per heavy atom. The molecule has 1 saturated heterocycles. The van der Waals surface area contributed by atoms with Crippen molar-refractivity contribution in [2.45, 2.75) is 44.1 Å². The normalized spacial score (nSPS) is 24.4. The number of ether oxygens (including phenoxy) is 1. The Labute approximate surface area is 173 Å². The first-order valence-corrected chi connectivity index (χ1v) is 10.8. The van der Waals surface area contributed by atoms with E-state index in [-0.39, 0.29) is 0 Å². The van der Waals surface area contributed by atoms with Crippen molar-refractivity contribution >= 4 is 16.6 Å². The van der Waals surface area contributed by atoms with Gasteiger partial charge in [0, 0.05) is 67.9 Å². The molecule has 156 valence electrons. The molecule has 2 aromatic heterocycles. The molecule has 4 rings (SSSR count). The summed E-state index contributed by atoms with van der Waals surface area (Å²) in [7, 11) is 1.82. The number of aromatic amines is 1. The molecule has 2 fully saturated rings. The number of hydrogen-bond acceptors (Lipinski definition) is 5. The quantitative estimate of drug-likeness (QED) is 0.459. The molecule has 0 radical (unpaired) electrons. The van der Waals surface area contributed by atoms with Crippen LogP contribution in [-0.2, 0) is 4.74 Å². The predicted octanol–water partition coefficient (Wildman–Crippen LogP) is 3.64. The fraction of sp³-hybridized carbons (Fsp3) is 0.522. The van der Waals surface area contributed by atoms with Gasteiger partial charge in [0.2, 0.25) is 0 Å². The Kier molecular flexibility index (Phi) is 6.33. The minimum Gasteiger partial charge on any atom is -0.380 e. The number of fused-ring (bicyclic) bond motifs is 1. The van der Waals surface area contributed by atoms with Crippen LogP contribution in [0.25, 0.3) is 16.6 Å². The van der Waals surface area contributed by atoms with Crippen LogP contribution in [0.5, 0.6) is 0 Å². The standard InChI is InChI=1S/C23H33N5O/c1-3-17(16-27(2)24)22-15-26-23-21(22)13-19(14-25-23)18-5-7-20(8-6-18)28-9-4-11-29-12-10-28/h3,13-16,18,20H,1,4-12,24H2,2H3,(H,25,26)/b17-16+/t18-,20+. The second-order valence-corrected chi connectivity index (χ2v) is 8.33. The van der Waals surface area contributed by atoms with Gasteiger partial charge in [-0.05, 0) is 49.7 Å². The molecule has 0 unspecified atom stereocenters.